The zero-order valence-electron chi connectivity index (χ0n) is 37.5. The molecule has 2 aliphatic rings. The molecule has 0 aliphatic heterocycles. The van der Waals surface area contributed by atoms with Gasteiger partial charge in [0.2, 0.25) is 0 Å². The van der Waals surface area contributed by atoms with Crippen LogP contribution in [0.4, 0.5) is 39.8 Å². The van der Waals surface area contributed by atoms with E-state index in [1.807, 2.05) is 0 Å². The molecule has 0 spiro atoms. The van der Waals surface area contributed by atoms with Gasteiger partial charge in [-0.05, 0) is 163 Å². The minimum absolute atomic E-state index is 0.873. The summed E-state index contributed by atoms with van der Waals surface area (Å²) in [5, 5.41) is 4.94. The maximum absolute atomic E-state index is 3.68. The van der Waals surface area contributed by atoms with Crippen molar-refractivity contribution in [1.82, 2.24) is 4.57 Å². The molecule has 0 fully saturated rings. The number of benzene rings is 8. The fourth-order valence-electron chi connectivity index (χ4n) is 9.49. The number of hydrogen-bond donors (Lipinski definition) is 1. The van der Waals surface area contributed by atoms with Crippen molar-refractivity contribution in [3.8, 4) is 27.9 Å². The van der Waals surface area contributed by atoms with Crippen LogP contribution in [0.2, 0.25) is 0 Å². The standard InChI is InChI=1S/C63H50N4/c1-46-19-17-21-50(43-46)64-61-31-16-15-29-58(61)49-20-18-28-56(44-49)65(51-22-7-2-3-8-23-51)54-37-33-47(34-38-54)48-35-39-55(40-36-48)66(52-24-9-4-10-25-52)57-41-42-63-60(45-57)59-30-13-6-14-32-62(59)67(63)53-26-11-5-12-27-53/h2,4-29,31-45,64H,3,30H2,1H3. The van der Waals surface area contributed by atoms with Gasteiger partial charge in [-0.15, -0.1) is 0 Å². The number of allylic oxidation sites excluding steroid dienone is 8. The Bertz CT molecular complexity index is 3370. The first-order valence-electron chi connectivity index (χ1n) is 23.1. The average Bonchev–Trinajstić information content (AvgIpc) is 3.61. The molecule has 2 aliphatic carbocycles. The quantitative estimate of drug-likeness (QED) is 0.140. The second-order valence-electron chi connectivity index (χ2n) is 17.1. The minimum atomic E-state index is 0.873. The highest BCUT2D eigenvalue weighted by atomic mass is 15.2. The third kappa shape index (κ3) is 8.45. The fourth-order valence-corrected chi connectivity index (χ4v) is 9.49. The summed E-state index contributed by atoms with van der Waals surface area (Å²) in [4.78, 5) is 4.72. The molecule has 1 aromatic heterocycles. The summed E-state index contributed by atoms with van der Waals surface area (Å²) in [6.45, 7) is 2.12. The van der Waals surface area contributed by atoms with E-state index < -0.39 is 0 Å². The zero-order chi connectivity index (χ0) is 44.9. The van der Waals surface area contributed by atoms with Gasteiger partial charge in [-0.2, -0.15) is 0 Å². The van der Waals surface area contributed by atoms with Gasteiger partial charge in [0.25, 0.3) is 0 Å². The first-order valence-corrected chi connectivity index (χ1v) is 23.1. The largest absolute Gasteiger partial charge is 0.355 e. The minimum Gasteiger partial charge on any atom is -0.355 e. The summed E-state index contributed by atoms with van der Waals surface area (Å²) < 4.78 is 2.40. The van der Waals surface area contributed by atoms with Crippen LogP contribution in [0, 0.1) is 6.92 Å². The number of aryl methyl sites for hydroxylation is 1. The lowest BCUT2D eigenvalue weighted by Gasteiger charge is -2.27. The van der Waals surface area contributed by atoms with Crippen molar-refractivity contribution >= 4 is 56.8 Å². The molecule has 67 heavy (non-hydrogen) atoms. The van der Waals surface area contributed by atoms with E-state index in [0.717, 1.165) is 86.3 Å². The lowest BCUT2D eigenvalue weighted by atomic mass is 10.0. The summed E-state index contributed by atoms with van der Waals surface area (Å²) in [6.07, 6.45) is 21.6. The molecule has 0 atom stereocenters. The summed E-state index contributed by atoms with van der Waals surface area (Å²) in [6, 6.07) is 72.2. The van der Waals surface area contributed by atoms with Crippen LogP contribution in [0.5, 0.6) is 0 Å². The van der Waals surface area contributed by atoms with Gasteiger partial charge in [0.05, 0.1) is 11.2 Å². The lowest BCUT2D eigenvalue weighted by Crippen LogP contribution is -2.15. The first-order chi connectivity index (χ1) is 33.1. The molecular formula is C63H50N4. The van der Waals surface area contributed by atoms with Gasteiger partial charge in [-0.1, -0.05) is 140 Å². The summed E-state index contributed by atoms with van der Waals surface area (Å²) >= 11 is 0. The molecule has 4 nitrogen and oxygen atoms in total. The van der Waals surface area contributed by atoms with Crippen LogP contribution in [0.25, 0.3) is 44.9 Å². The number of nitrogens with zero attached hydrogens (tertiary/aromatic N) is 3. The van der Waals surface area contributed by atoms with Crippen molar-refractivity contribution in [2.45, 2.75) is 19.8 Å². The van der Waals surface area contributed by atoms with Gasteiger partial charge < -0.3 is 19.7 Å². The topological polar surface area (TPSA) is 23.4 Å². The number of fused-ring (bicyclic) bond motifs is 3. The normalized spacial score (nSPS) is 12.9. The van der Waals surface area contributed by atoms with Crippen molar-refractivity contribution in [3.05, 3.63) is 271 Å². The average molecular weight is 863 g/mol. The molecule has 0 saturated carbocycles. The van der Waals surface area contributed by atoms with Crippen LogP contribution in [0.15, 0.2) is 254 Å². The number of anilines is 7. The molecule has 11 rings (SSSR count). The van der Waals surface area contributed by atoms with E-state index in [4.69, 9.17) is 0 Å². The molecule has 0 radical (unpaired) electrons. The van der Waals surface area contributed by atoms with E-state index in [2.05, 4.69) is 281 Å². The van der Waals surface area contributed by atoms with Crippen molar-refractivity contribution < 1.29 is 0 Å². The highest BCUT2D eigenvalue weighted by molar-refractivity contribution is 5.95. The van der Waals surface area contributed by atoms with Gasteiger partial charge in [0.1, 0.15) is 0 Å². The molecule has 9 aromatic rings. The monoisotopic (exact) mass is 862 g/mol. The van der Waals surface area contributed by atoms with Crippen LogP contribution in [-0.2, 0) is 6.42 Å². The Morgan fingerprint density at radius 3 is 1.94 bits per heavy atom. The summed E-state index contributed by atoms with van der Waals surface area (Å²) in [5.74, 6) is 0. The van der Waals surface area contributed by atoms with E-state index >= 15 is 0 Å². The third-order valence-electron chi connectivity index (χ3n) is 12.7. The molecule has 0 bridgehead atoms. The molecular weight excluding hydrogens is 813 g/mol. The van der Waals surface area contributed by atoms with Crippen molar-refractivity contribution in [1.29, 1.82) is 0 Å². The maximum atomic E-state index is 3.68. The zero-order valence-corrected chi connectivity index (χ0v) is 37.5. The van der Waals surface area contributed by atoms with E-state index in [0.29, 0.717) is 0 Å². The molecule has 0 saturated heterocycles. The fraction of sp³-hybridized carbons (Fsp3) is 0.0476. The van der Waals surface area contributed by atoms with Crippen LogP contribution < -0.4 is 15.1 Å². The Labute approximate surface area is 393 Å². The van der Waals surface area contributed by atoms with E-state index in [1.165, 1.54) is 27.7 Å². The molecule has 0 amide bonds. The summed E-state index contributed by atoms with van der Waals surface area (Å²) in [5.41, 5.74) is 19.5. The molecule has 8 aromatic carbocycles. The van der Waals surface area contributed by atoms with Crippen molar-refractivity contribution in [3.63, 3.8) is 0 Å². The highest BCUT2D eigenvalue weighted by Gasteiger charge is 2.21. The first kappa shape index (κ1) is 41.1. The Balaban J connectivity index is 0.922. The Morgan fingerprint density at radius 2 is 1.15 bits per heavy atom. The van der Waals surface area contributed by atoms with Crippen LogP contribution in [0.3, 0.4) is 0 Å². The Kier molecular flexibility index (Phi) is 11.3. The predicted octanol–water partition coefficient (Wildman–Crippen LogP) is 17.1. The molecule has 0 unspecified atom stereocenters. The SMILES string of the molecule is Cc1cccc(Nc2ccccc2-c2cccc(N(C3=CC=CCC=C3)c3ccc(-c4ccc(N(c5ccccc5)c5ccc6c(c5)c5c(n6-c6ccccc6)C=CC=CC5)cc4)cc3)c2)c1. The van der Waals surface area contributed by atoms with Gasteiger partial charge in [0.15, 0.2) is 0 Å². The lowest BCUT2D eigenvalue weighted by molar-refractivity contribution is 1.09. The predicted molar refractivity (Wildman–Crippen MR) is 285 cm³/mol. The van der Waals surface area contributed by atoms with Crippen molar-refractivity contribution in [2.75, 3.05) is 15.1 Å². The van der Waals surface area contributed by atoms with Crippen LogP contribution >= 0.6 is 0 Å². The molecule has 322 valence electrons. The number of rotatable bonds is 11. The number of para-hydroxylation sites is 3. The second-order valence-corrected chi connectivity index (χ2v) is 17.1. The van der Waals surface area contributed by atoms with Crippen LogP contribution in [0.1, 0.15) is 23.2 Å². The Morgan fingerprint density at radius 1 is 0.478 bits per heavy atom. The molecule has 1 heterocycles. The molecule has 1 N–H and O–H groups in total. The number of nitrogens with one attached hydrogen (secondary N) is 1. The van der Waals surface area contributed by atoms with Crippen molar-refractivity contribution in [2.24, 2.45) is 0 Å². The van der Waals surface area contributed by atoms with E-state index in [9.17, 15) is 0 Å². The smallest absolute Gasteiger partial charge is 0.0539 e. The van der Waals surface area contributed by atoms with Gasteiger partial charge >= 0.3 is 0 Å². The number of aromatic nitrogens is 1. The maximum Gasteiger partial charge on any atom is 0.0539 e. The Hall–Kier alpha value is -8.60. The van der Waals surface area contributed by atoms with Gasteiger partial charge in [-0.3, -0.25) is 0 Å². The third-order valence-corrected chi connectivity index (χ3v) is 12.7. The van der Waals surface area contributed by atoms with E-state index in [1.54, 1.807) is 0 Å². The highest BCUT2D eigenvalue weighted by Crippen LogP contribution is 2.42. The van der Waals surface area contributed by atoms with Gasteiger partial charge in [-0.25, -0.2) is 0 Å². The van der Waals surface area contributed by atoms with Gasteiger partial charge in [0, 0.05) is 62.1 Å². The molecule has 4 heteroatoms. The second kappa shape index (κ2) is 18.5. The summed E-state index contributed by atoms with van der Waals surface area (Å²) in [7, 11) is 0. The van der Waals surface area contributed by atoms with E-state index in [-0.39, 0.29) is 0 Å². The van der Waals surface area contributed by atoms with Crippen LogP contribution in [-0.4, -0.2) is 4.57 Å². The number of hydrogen-bond acceptors (Lipinski definition) is 3.